The third kappa shape index (κ3) is 3.22. The molecular formula is C22H31N5O. The van der Waals surface area contributed by atoms with Gasteiger partial charge in [0, 0.05) is 57.5 Å². The normalized spacial score (nSPS) is 23.2. The summed E-state index contributed by atoms with van der Waals surface area (Å²) in [6, 6.07) is 7.22. The van der Waals surface area contributed by atoms with Gasteiger partial charge in [-0.05, 0) is 31.9 Å². The quantitative estimate of drug-likeness (QED) is 0.819. The molecule has 3 aliphatic rings. The summed E-state index contributed by atoms with van der Waals surface area (Å²) >= 11 is 0. The Kier molecular flexibility index (Phi) is 4.85. The molecule has 1 aliphatic carbocycles. The maximum Gasteiger partial charge on any atom is 0.272 e. The summed E-state index contributed by atoms with van der Waals surface area (Å²) in [5.41, 5.74) is 2.39. The topological polar surface area (TPSA) is 44.1 Å². The van der Waals surface area contributed by atoms with Crippen LogP contribution in [0.4, 0.5) is 0 Å². The van der Waals surface area contributed by atoms with Gasteiger partial charge in [-0.25, -0.2) is 4.98 Å². The number of piperazine rings is 1. The lowest BCUT2D eigenvalue weighted by atomic mass is 9.93. The molecule has 0 unspecified atom stereocenters. The van der Waals surface area contributed by atoms with E-state index in [1.165, 1.54) is 45.2 Å². The molecule has 1 amide bonds. The van der Waals surface area contributed by atoms with Crippen LogP contribution in [-0.4, -0.2) is 81.3 Å². The summed E-state index contributed by atoms with van der Waals surface area (Å²) in [6.07, 6.45) is 8.97. The second-order valence-electron chi connectivity index (χ2n) is 8.70. The highest BCUT2D eigenvalue weighted by Gasteiger charge is 2.38. The lowest BCUT2D eigenvalue weighted by molar-refractivity contribution is -0.00295. The second kappa shape index (κ2) is 7.48. The maximum atomic E-state index is 13.0. The molecule has 3 fully saturated rings. The van der Waals surface area contributed by atoms with Crippen molar-refractivity contribution in [2.24, 2.45) is 0 Å². The van der Waals surface area contributed by atoms with Gasteiger partial charge >= 0.3 is 0 Å². The van der Waals surface area contributed by atoms with Crippen LogP contribution in [0.5, 0.6) is 0 Å². The van der Waals surface area contributed by atoms with Crippen molar-refractivity contribution in [3.63, 3.8) is 0 Å². The van der Waals surface area contributed by atoms with Crippen LogP contribution in [0.15, 0.2) is 24.4 Å². The summed E-state index contributed by atoms with van der Waals surface area (Å²) in [6.45, 7) is 8.32. The van der Waals surface area contributed by atoms with E-state index < -0.39 is 0 Å². The van der Waals surface area contributed by atoms with E-state index in [0.29, 0.717) is 6.04 Å². The molecule has 5 rings (SSSR count). The minimum Gasteiger partial charge on any atom is -0.334 e. The zero-order chi connectivity index (χ0) is 19.1. The molecule has 0 bridgehead atoms. The van der Waals surface area contributed by atoms with E-state index in [1.54, 1.807) is 0 Å². The van der Waals surface area contributed by atoms with Crippen molar-refractivity contribution in [2.75, 3.05) is 39.3 Å². The number of likely N-dealkylation sites (tertiary alicyclic amines) is 1. The predicted molar refractivity (Wildman–Crippen MR) is 110 cm³/mol. The number of carbonyl (C=O) groups excluding carboxylic acids is 1. The molecule has 0 aromatic carbocycles. The fraction of sp³-hybridized carbons (Fsp3) is 0.636. The minimum atomic E-state index is 0.119. The van der Waals surface area contributed by atoms with E-state index in [2.05, 4.69) is 14.8 Å². The van der Waals surface area contributed by atoms with Crippen LogP contribution in [0.3, 0.4) is 0 Å². The van der Waals surface area contributed by atoms with Crippen molar-refractivity contribution in [2.45, 2.75) is 51.1 Å². The SMILES string of the molecule is Cc1nc2ccccn2c1C(=O)N1CC(N2CCN(C3CCCCC3)CC2)C1. The van der Waals surface area contributed by atoms with E-state index in [1.807, 2.05) is 40.6 Å². The standard InChI is InChI=1S/C22H31N5O/c1-17-21(27-10-6-5-9-20(27)23-17)22(28)26-15-19(16-26)25-13-11-24(12-14-25)18-7-3-2-4-8-18/h5-6,9-10,18-19H,2-4,7-8,11-16H2,1H3. The average Bonchev–Trinajstić information content (AvgIpc) is 3.03. The monoisotopic (exact) mass is 381 g/mol. The molecule has 0 N–H and O–H groups in total. The number of carbonyl (C=O) groups is 1. The highest BCUT2D eigenvalue weighted by molar-refractivity contribution is 5.95. The van der Waals surface area contributed by atoms with Gasteiger partial charge in [-0.3, -0.25) is 19.0 Å². The number of aromatic nitrogens is 2. The fourth-order valence-electron chi connectivity index (χ4n) is 5.29. The lowest BCUT2D eigenvalue weighted by Crippen LogP contribution is -2.64. The molecule has 0 radical (unpaired) electrons. The third-order valence-corrected chi connectivity index (χ3v) is 7.01. The summed E-state index contributed by atoms with van der Waals surface area (Å²) in [4.78, 5) is 24.9. The van der Waals surface area contributed by atoms with Crippen LogP contribution in [0, 0.1) is 6.92 Å². The smallest absolute Gasteiger partial charge is 0.272 e. The predicted octanol–water partition coefficient (Wildman–Crippen LogP) is 2.42. The number of nitrogens with zero attached hydrogens (tertiary/aromatic N) is 5. The number of hydrogen-bond donors (Lipinski definition) is 0. The Bertz CT molecular complexity index is 842. The highest BCUT2D eigenvalue weighted by Crippen LogP contribution is 2.26. The Hall–Kier alpha value is -1.92. The largest absolute Gasteiger partial charge is 0.334 e. The van der Waals surface area contributed by atoms with Gasteiger partial charge in [0.15, 0.2) is 0 Å². The van der Waals surface area contributed by atoms with Crippen molar-refractivity contribution in [1.82, 2.24) is 24.1 Å². The van der Waals surface area contributed by atoms with Gasteiger partial charge in [0.1, 0.15) is 11.3 Å². The molecule has 150 valence electrons. The molecule has 2 saturated heterocycles. The van der Waals surface area contributed by atoms with Gasteiger partial charge in [-0.1, -0.05) is 25.3 Å². The Labute approximate surface area is 167 Å². The van der Waals surface area contributed by atoms with E-state index in [4.69, 9.17) is 0 Å². The number of fused-ring (bicyclic) bond motifs is 1. The fourth-order valence-corrected chi connectivity index (χ4v) is 5.29. The Morgan fingerprint density at radius 2 is 1.64 bits per heavy atom. The number of rotatable bonds is 3. The first-order chi connectivity index (χ1) is 13.7. The number of amides is 1. The van der Waals surface area contributed by atoms with E-state index >= 15 is 0 Å². The minimum absolute atomic E-state index is 0.119. The molecule has 6 nitrogen and oxygen atoms in total. The summed E-state index contributed by atoms with van der Waals surface area (Å²) in [7, 11) is 0. The zero-order valence-electron chi connectivity index (χ0n) is 16.9. The van der Waals surface area contributed by atoms with Crippen molar-refractivity contribution < 1.29 is 4.79 Å². The van der Waals surface area contributed by atoms with Gasteiger partial charge < -0.3 is 4.90 Å². The van der Waals surface area contributed by atoms with Crippen LogP contribution in [0.2, 0.25) is 0 Å². The lowest BCUT2D eigenvalue weighted by Gasteiger charge is -2.49. The van der Waals surface area contributed by atoms with Crippen LogP contribution < -0.4 is 0 Å². The van der Waals surface area contributed by atoms with Crippen molar-refractivity contribution in [3.05, 3.63) is 35.8 Å². The van der Waals surface area contributed by atoms with Gasteiger partial charge in [0.2, 0.25) is 0 Å². The molecule has 2 aromatic heterocycles. The molecule has 2 aromatic rings. The van der Waals surface area contributed by atoms with Gasteiger partial charge in [0.05, 0.1) is 5.69 Å². The van der Waals surface area contributed by atoms with E-state index in [-0.39, 0.29) is 5.91 Å². The number of aryl methyl sites for hydroxylation is 1. The molecule has 2 aliphatic heterocycles. The molecule has 6 heteroatoms. The van der Waals surface area contributed by atoms with Gasteiger partial charge in [-0.15, -0.1) is 0 Å². The Balaban J connectivity index is 1.17. The van der Waals surface area contributed by atoms with Crippen molar-refractivity contribution >= 4 is 11.6 Å². The number of hydrogen-bond acceptors (Lipinski definition) is 4. The Morgan fingerprint density at radius 3 is 2.36 bits per heavy atom. The summed E-state index contributed by atoms with van der Waals surface area (Å²) in [5, 5.41) is 0. The first-order valence-electron chi connectivity index (χ1n) is 10.9. The zero-order valence-corrected chi connectivity index (χ0v) is 16.9. The molecule has 1 saturated carbocycles. The second-order valence-corrected chi connectivity index (χ2v) is 8.70. The maximum absolute atomic E-state index is 13.0. The van der Waals surface area contributed by atoms with E-state index in [9.17, 15) is 4.79 Å². The molecule has 0 atom stereocenters. The first-order valence-corrected chi connectivity index (χ1v) is 10.9. The number of imidazole rings is 1. The van der Waals surface area contributed by atoms with Crippen LogP contribution in [-0.2, 0) is 0 Å². The van der Waals surface area contributed by atoms with Crippen LogP contribution >= 0.6 is 0 Å². The van der Waals surface area contributed by atoms with Crippen molar-refractivity contribution in [1.29, 1.82) is 0 Å². The third-order valence-electron chi connectivity index (χ3n) is 7.01. The van der Waals surface area contributed by atoms with Gasteiger partial charge in [0.25, 0.3) is 5.91 Å². The Morgan fingerprint density at radius 1 is 0.964 bits per heavy atom. The van der Waals surface area contributed by atoms with Gasteiger partial charge in [-0.2, -0.15) is 0 Å². The molecular weight excluding hydrogens is 350 g/mol. The van der Waals surface area contributed by atoms with Crippen LogP contribution in [0.25, 0.3) is 5.65 Å². The highest BCUT2D eigenvalue weighted by atomic mass is 16.2. The van der Waals surface area contributed by atoms with Crippen molar-refractivity contribution in [3.8, 4) is 0 Å². The molecule has 0 spiro atoms. The van der Waals surface area contributed by atoms with Crippen LogP contribution in [0.1, 0.15) is 48.3 Å². The van der Waals surface area contributed by atoms with E-state index in [0.717, 1.165) is 49.3 Å². The molecule has 4 heterocycles. The summed E-state index contributed by atoms with van der Waals surface area (Å²) < 4.78 is 1.92. The molecule has 28 heavy (non-hydrogen) atoms. The summed E-state index contributed by atoms with van der Waals surface area (Å²) in [5.74, 6) is 0.119. The average molecular weight is 382 g/mol. The first kappa shape index (κ1) is 18.1. The number of pyridine rings is 1.